The third-order valence-electron chi connectivity index (χ3n) is 2.75. The molecule has 0 aliphatic heterocycles. The lowest BCUT2D eigenvalue weighted by molar-refractivity contribution is -0.135. The van der Waals surface area contributed by atoms with Gasteiger partial charge >= 0.3 is 11.9 Å². The number of rotatable bonds is 6. The van der Waals surface area contributed by atoms with Crippen molar-refractivity contribution in [1.29, 1.82) is 0 Å². The fourth-order valence-corrected chi connectivity index (χ4v) is 3.73. The number of hydrogen-bond donors (Lipinski definition) is 4. The van der Waals surface area contributed by atoms with Crippen molar-refractivity contribution in [2.45, 2.75) is 9.79 Å². The van der Waals surface area contributed by atoms with E-state index < -0.39 is 11.9 Å². The number of carboxylic acids is 2. The molecule has 0 amide bonds. The monoisotopic (exact) mass is 340 g/mol. The highest BCUT2D eigenvalue weighted by atomic mass is 32.2. The van der Waals surface area contributed by atoms with Crippen molar-refractivity contribution in [3.8, 4) is 11.5 Å². The molecular formula is C14H12O6S2. The van der Waals surface area contributed by atoms with Gasteiger partial charge in [-0.05, 0) is 0 Å². The lowest BCUT2D eigenvalue weighted by atomic mass is 10.1. The van der Waals surface area contributed by atoms with Crippen molar-refractivity contribution < 1.29 is 30.0 Å². The molecule has 0 fully saturated rings. The average molecular weight is 340 g/mol. The van der Waals surface area contributed by atoms with Crippen LogP contribution in [0.25, 0.3) is 10.8 Å². The van der Waals surface area contributed by atoms with Gasteiger partial charge in [0.05, 0.1) is 21.3 Å². The maximum absolute atomic E-state index is 10.7. The van der Waals surface area contributed by atoms with E-state index >= 15 is 0 Å². The molecule has 2 aromatic rings. The second-order valence-corrected chi connectivity index (χ2v) is 6.24. The van der Waals surface area contributed by atoms with E-state index in [4.69, 9.17) is 10.2 Å². The van der Waals surface area contributed by atoms with Crippen LogP contribution in [0.15, 0.2) is 34.1 Å². The van der Waals surface area contributed by atoms with Gasteiger partial charge in [-0.1, -0.05) is 24.3 Å². The summed E-state index contributed by atoms with van der Waals surface area (Å²) in [5.41, 5.74) is 0. The minimum Gasteiger partial charge on any atom is -0.506 e. The Morgan fingerprint density at radius 1 is 0.818 bits per heavy atom. The molecule has 2 aromatic carbocycles. The minimum absolute atomic E-state index is 0.160. The van der Waals surface area contributed by atoms with Crippen LogP contribution in [0.4, 0.5) is 0 Å². The Labute approximate surface area is 133 Å². The van der Waals surface area contributed by atoms with Gasteiger partial charge in [-0.2, -0.15) is 0 Å². The lowest BCUT2D eigenvalue weighted by Gasteiger charge is -2.15. The third kappa shape index (κ3) is 3.40. The van der Waals surface area contributed by atoms with Crippen molar-refractivity contribution >= 4 is 46.2 Å². The van der Waals surface area contributed by atoms with Gasteiger partial charge in [0.1, 0.15) is 11.5 Å². The predicted molar refractivity (Wildman–Crippen MR) is 84.0 cm³/mol. The first-order valence-corrected chi connectivity index (χ1v) is 8.04. The highest BCUT2D eigenvalue weighted by Gasteiger charge is 2.21. The number of phenols is 2. The Morgan fingerprint density at radius 3 is 1.50 bits per heavy atom. The smallest absolute Gasteiger partial charge is 0.313 e. The molecule has 6 nitrogen and oxygen atoms in total. The Bertz CT molecular complexity index is 681. The van der Waals surface area contributed by atoms with Gasteiger partial charge < -0.3 is 20.4 Å². The predicted octanol–water partition coefficient (Wildman–Crippen LogP) is 2.60. The highest BCUT2D eigenvalue weighted by Crippen LogP contribution is 2.48. The number of aromatic hydroxyl groups is 2. The van der Waals surface area contributed by atoms with Crippen molar-refractivity contribution in [2.75, 3.05) is 11.5 Å². The summed E-state index contributed by atoms with van der Waals surface area (Å²) in [4.78, 5) is 21.8. The van der Waals surface area contributed by atoms with Crippen molar-refractivity contribution in [3.05, 3.63) is 24.3 Å². The molecule has 0 unspecified atom stereocenters. The topological polar surface area (TPSA) is 115 Å². The SMILES string of the molecule is O=C(O)CSc1c(SCC(=O)O)c(O)c2ccccc2c1O. The molecular weight excluding hydrogens is 328 g/mol. The number of benzene rings is 2. The van der Waals surface area contributed by atoms with Gasteiger partial charge in [0.15, 0.2) is 0 Å². The molecule has 116 valence electrons. The Balaban J connectivity index is 2.60. The summed E-state index contributed by atoms with van der Waals surface area (Å²) in [5.74, 6) is -3.10. The summed E-state index contributed by atoms with van der Waals surface area (Å²) in [6.45, 7) is 0. The molecule has 8 heteroatoms. The number of hydrogen-bond acceptors (Lipinski definition) is 6. The first-order valence-electron chi connectivity index (χ1n) is 6.07. The Kier molecular flexibility index (Phi) is 5.04. The number of fused-ring (bicyclic) bond motifs is 1. The van der Waals surface area contributed by atoms with Crippen LogP contribution in [0.1, 0.15) is 0 Å². The van der Waals surface area contributed by atoms with E-state index in [1.165, 1.54) is 0 Å². The molecule has 0 saturated carbocycles. The van der Waals surface area contributed by atoms with Crippen LogP contribution in [0.5, 0.6) is 11.5 Å². The molecule has 2 rings (SSSR count). The zero-order chi connectivity index (χ0) is 16.3. The van der Waals surface area contributed by atoms with E-state index in [9.17, 15) is 19.8 Å². The third-order valence-corrected chi connectivity index (χ3v) is 5.04. The Morgan fingerprint density at radius 2 is 1.18 bits per heavy atom. The fraction of sp³-hybridized carbons (Fsp3) is 0.143. The largest absolute Gasteiger partial charge is 0.506 e. The van der Waals surface area contributed by atoms with E-state index in [0.717, 1.165) is 23.5 Å². The van der Waals surface area contributed by atoms with Gasteiger partial charge in [0.25, 0.3) is 0 Å². The van der Waals surface area contributed by atoms with Crippen LogP contribution >= 0.6 is 23.5 Å². The summed E-state index contributed by atoms with van der Waals surface area (Å²) in [7, 11) is 0. The lowest BCUT2D eigenvalue weighted by Crippen LogP contribution is -2.00. The normalized spacial score (nSPS) is 10.7. The van der Waals surface area contributed by atoms with Crippen LogP contribution < -0.4 is 0 Å². The maximum atomic E-state index is 10.7. The van der Waals surface area contributed by atoms with E-state index in [-0.39, 0.29) is 32.8 Å². The summed E-state index contributed by atoms with van der Waals surface area (Å²) in [6, 6.07) is 6.55. The molecule has 0 atom stereocenters. The molecule has 0 aliphatic carbocycles. The van der Waals surface area contributed by atoms with Crippen LogP contribution in [-0.4, -0.2) is 43.9 Å². The zero-order valence-electron chi connectivity index (χ0n) is 11.1. The molecule has 0 radical (unpaired) electrons. The number of thioether (sulfide) groups is 2. The quantitative estimate of drug-likeness (QED) is 0.468. The fourth-order valence-electron chi connectivity index (χ4n) is 1.89. The second-order valence-electron chi connectivity index (χ2n) is 4.27. The summed E-state index contributed by atoms with van der Waals surface area (Å²) >= 11 is 1.68. The van der Waals surface area contributed by atoms with Gasteiger partial charge in [-0.15, -0.1) is 23.5 Å². The van der Waals surface area contributed by atoms with Crippen molar-refractivity contribution in [3.63, 3.8) is 0 Å². The number of carboxylic acid groups (broad SMARTS) is 2. The van der Waals surface area contributed by atoms with E-state index in [1.54, 1.807) is 24.3 Å². The van der Waals surface area contributed by atoms with Crippen molar-refractivity contribution in [1.82, 2.24) is 0 Å². The van der Waals surface area contributed by atoms with E-state index in [0.29, 0.717) is 10.8 Å². The zero-order valence-corrected chi connectivity index (χ0v) is 12.8. The molecule has 0 aliphatic rings. The van der Waals surface area contributed by atoms with Crippen molar-refractivity contribution in [2.24, 2.45) is 0 Å². The molecule has 0 heterocycles. The highest BCUT2D eigenvalue weighted by molar-refractivity contribution is 8.03. The average Bonchev–Trinajstić information content (AvgIpc) is 2.48. The minimum atomic E-state index is -1.08. The molecule has 0 spiro atoms. The molecule has 22 heavy (non-hydrogen) atoms. The van der Waals surface area contributed by atoms with Gasteiger partial charge in [-0.3, -0.25) is 9.59 Å². The van der Waals surface area contributed by atoms with Crippen LogP contribution in [0.2, 0.25) is 0 Å². The molecule has 0 saturated heterocycles. The second kappa shape index (κ2) is 6.80. The first kappa shape index (κ1) is 16.3. The standard InChI is InChI=1S/C14H12O6S2/c15-9(16)5-21-13-11(19)7-3-1-2-4-8(7)12(20)14(13)22-6-10(17)18/h1-4,19-20H,5-6H2,(H,15,16)(H,17,18). The van der Waals surface area contributed by atoms with E-state index in [2.05, 4.69) is 0 Å². The molecule has 0 aromatic heterocycles. The summed E-state index contributed by atoms with van der Waals surface area (Å²) in [6.07, 6.45) is 0. The first-order chi connectivity index (χ1) is 10.4. The number of aliphatic carboxylic acids is 2. The van der Waals surface area contributed by atoms with Gasteiger partial charge in [0, 0.05) is 10.8 Å². The van der Waals surface area contributed by atoms with Gasteiger partial charge in [-0.25, -0.2) is 0 Å². The van der Waals surface area contributed by atoms with E-state index in [1.807, 2.05) is 0 Å². The van der Waals surface area contributed by atoms with Crippen LogP contribution in [-0.2, 0) is 9.59 Å². The maximum Gasteiger partial charge on any atom is 0.313 e. The van der Waals surface area contributed by atoms with Gasteiger partial charge in [0.2, 0.25) is 0 Å². The summed E-state index contributed by atoms with van der Waals surface area (Å²) in [5, 5.41) is 39.0. The van der Waals surface area contributed by atoms with Crippen LogP contribution in [0, 0.1) is 0 Å². The Hall–Kier alpha value is -2.06. The number of carbonyl (C=O) groups is 2. The molecule has 0 bridgehead atoms. The number of phenolic OH excluding ortho intramolecular Hbond substituents is 2. The van der Waals surface area contributed by atoms with Crippen LogP contribution in [0.3, 0.4) is 0 Å². The molecule has 4 N–H and O–H groups in total. The summed E-state index contributed by atoms with van der Waals surface area (Å²) < 4.78 is 0.